The van der Waals surface area contributed by atoms with E-state index in [4.69, 9.17) is 9.47 Å². The maximum absolute atomic E-state index is 11.6. The number of carbonyl (C=O) groups excluding carboxylic acids is 1. The maximum Gasteiger partial charge on any atom is 0.320 e. The smallest absolute Gasteiger partial charge is 0.320 e. The molecule has 25 heavy (non-hydrogen) atoms. The predicted octanol–water partition coefficient (Wildman–Crippen LogP) is 4.44. The largest absolute Gasteiger partial charge is 0.493 e. The van der Waals surface area contributed by atoms with Crippen molar-refractivity contribution in [3.63, 3.8) is 0 Å². The van der Waals surface area contributed by atoms with Crippen LogP contribution in [0.3, 0.4) is 0 Å². The van der Waals surface area contributed by atoms with E-state index in [1.165, 1.54) is 0 Å². The van der Waals surface area contributed by atoms with Crippen LogP contribution in [0.1, 0.15) is 38.7 Å². The van der Waals surface area contributed by atoms with Gasteiger partial charge in [0, 0.05) is 10.0 Å². The minimum absolute atomic E-state index is 0.105. The lowest BCUT2D eigenvalue weighted by Crippen LogP contribution is -2.39. The zero-order valence-corrected chi connectivity index (χ0v) is 17.2. The number of hydrogen-bond acceptors (Lipinski definition) is 4. The van der Waals surface area contributed by atoms with E-state index >= 15 is 0 Å². The van der Waals surface area contributed by atoms with Gasteiger partial charge in [0.1, 0.15) is 5.75 Å². The second kappa shape index (κ2) is 10.2. The van der Waals surface area contributed by atoms with Gasteiger partial charge in [-0.1, -0.05) is 28.9 Å². The van der Waals surface area contributed by atoms with Gasteiger partial charge >= 0.3 is 5.97 Å². The first-order valence-electron chi connectivity index (χ1n) is 9.27. The molecule has 140 valence electrons. The molecule has 1 aliphatic rings. The van der Waals surface area contributed by atoms with Crippen LogP contribution in [0.25, 0.3) is 0 Å². The predicted molar refractivity (Wildman–Crippen MR) is 104 cm³/mol. The Kier molecular flexibility index (Phi) is 8.24. The van der Waals surface area contributed by atoms with Crippen LogP contribution in [0.5, 0.6) is 5.75 Å². The number of hydrogen-bond donors (Lipinski definition) is 0. The molecule has 2 rings (SSSR count). The number of esters is 1. The van der Waals surface area contributed by atoms with Gasteiger partial charge in [-0.3, -0.25) is 9.69 Å². The van der Waals surface area contributed by atoms with Crippen molar-refractivity contribution in [3.8, 4) is 5.75 Å². The number of halogens is 1. The molecular weight excluding hydrogens is 382 g/mol. The fourth-order valence-electron chi connectivity index (χ4n) is 3.40. The summed E-state index contributed by atoms with van der Waals surface area (Å²) in [4.78, 5) is 13.8. The lowest BCUT2D eigenvalue weighted by molar-refractivity contribution is -0.144. The maximum atomic E-state index is 11.6. The van der Waals surface area contributed by atoms with E-state index in [0.717, 1.165) is 54.7 Å². The van der Waals surface area contributed by atoms with E-state index in [0.29, 0.717) is 25.0 Å². The SMILES string of the molecule is CCOC(=O)CN1CCC(C(C)CCOc2cccc(Br)c2C)CC1. The molecule has 1 aromatic rings. The second-order valence-electron chi connectivity index (χ2n) is 6.90. The highest BCUT2D eigenvalue weighted by molar-refractivity contribution is 9.10. The first kappa shape index (κ1) is 20.2. The monoisotopic (exact) mass is 411 g/mol. The van der Waals surface area contributed by atoms with Gasteiger partial charge in [-0.2, -0.15) is 0 Å². The van der Waals surface area contributed by atoms with E-state index in [-0.39, 0.29) is 5.97 Å². The first-order valence-corrected chi connectivity index (χ1v) is 10.1. The molecule has 0 aromatic heterocycles. The van der Waals surface area contributed by atoms with Crippen LogP contribution in [-0.2, 0) is 9.53 Å². The molecular formula is C20H30BrNO3. The van der Waals surface area contributed by atoms with Crippen molar-refractivity contribution < 1.29 is 14.3 Å². The van der Waals surface area contributed by atoms with Gasteiger partial charge in [0.2, 0.25) is 0 Å². The summed E-state index contributed by atoms with van der Waals surface area (Å²) in [7, 11) is 0. The van der Waals surface area contributed by atoms with Gasteiger partial charge < -0.3 is 9.47 Å². The molecule has 1 unspecified atom stereocenters. The number of benzene rings is 1. The number of piperidine rings is 1. The number of rotatable bonds is 8. The summed E-state index contributed by atoms with van der Waals surface area (Å²) in [5, 5.41) is 0. The van der Waals surface area contributed by atoms with Gasteiger partial charge in [-0.05, 0) is 70.2 Å². The third-order valence-electron chi connectivity index (χ3n) is 5.14. The Bertz CT molecular complexity index is 556. The molecule has 1 fully saturated rings. The van der Waals surface area contributed by atoms with Crippen LogP contribution >= 0.6 is 15.9 Å². The van der Waals surface area contributed by atoms with Gasteiger partial charge in [0.05, 0.1) is 19.8 Å². The summed E-state index contributed by atoms with van der Waals surface area (Å²) in [6.45, 7) is 9.86. The summed E-state index contributed by atoms with van der Waals surface area (Å²) < 4.78 is 12.1. The Morgan fingerprint density at radius 1 is 1.36 bits per heavy atom. The first-order chi connectivity index (χ1) is 12.0. The summed E-state index contributed by atoms with van der Waals surface area (Å²) >= 11 is 3.54. The van der Waals surface area contributed by atoms with Crippen LogP contribution in [0.4, 0.5) is 0 Å². The number of likely N-dealkylation sites (tertiary alicyclic amines) is 1. The zero-order valence-electron chi connectivity index (χ0n) is 15.6. The molecule has 0 saturated carbocycles. The van der Waals surface area contributed by atoms with Crippen LogP contribution < -0.4 is 4.74 Å². The highest BCUT2D eigenvalue weighted by Crippen LogP contribution is 2.29. The van der Waals surface area contributed by atoms with Crippen LogP contribution in [0, 0.1) is 18.8 Å². The van der Waals surface area contributed by atoms with E-state index in [1.54, 1.807) is 0 Å². The third kappa shape index (κ3) is 6.30. The van der Waals surface area contributed by atoms with Crippen molar-refractivity contribution in [2.75, 3.05) is 32.8 Å². The van der Waals surface area contributed by atoms with Gasteiger partial charge in [0.25, 0.3) is 0 Å². The van der Waals surface area contributed by atoms with E-state index in [2.05, 4.69) is 34.7 Å². The molecule has 1 aromatic carbocycles. The summed E-state index contributed by atoms with van der Waals surface area (Å²) in [5.41, 5.74) is 1.16. The van der Waals surface area contributed by atoms with Crippen LogP contribution in [-0.4, -0.2) is 43.7 Å². The minimum Gasteiger partial charge on any atom is -0.493 e. The average molecular weight is 412 g/mol. The molecule has 0 spiro atoms. The van der Waals surface area contributed by atoms with Crippen molar-refractivity contribution in [1.29, 1.82) is 0 Å². The molecule has 1 aliphatic heterocycles. The Hall–Kier alpha value is -1.07. The van der Waals surface area contributed by atoms with E-state index in [1.807, 2.05) is 25.1 Å². The third-order valence-corrected chi connectivity index (χ3v) is 6.00. The lowest BCUT2D eigenvalue weighted by atomic mass is 9.84. The fraction of sp³-hybridized carbons (Fsp3) is 0.650. The highest BCUT2D eigenvalue weighted by atomic mass is 79.9. The van der Waals surface area contributed by atoms with E-state index < -0.39 is 0 Å². The Labute approximate surface area is 160 Å². The molecule has 0 N–H and O–H groups in total. The fourth-order valence-corrected chi connectivity index (χ4v) is 3.75. The molecule has 0 radical (unpaired) electrons. The van der Waals surface area contributed by atoms with Crippen molar-refractivity contribution in [1.82, 2.24) is 4.90 Å². The molecule has 1 heterocycles. The average Bonchev–Trinajstić information content (AvgIpc) is 2.59. The normalized spacial score (nSPS) is 17.3. The molecule has 0 bridgehead atoms. The van der Waals surface area contributed by atoms with Crippen LogP contribution in [0.2, 0.25) is 0 Å². The Balaban J connectivity index is 1.69. The molecule has 1 atom stereocenters. The number of ether oxygens (including phenoxy) is 2. The quantitative estimate of drug-likeness (QED) is 0.592. The summed E-state index contributed by atoms with van der Waals surface area (Å²) in [5.74, 6) is 2.21. The van der Waals surface area contributed by atoms with Crippen LogP contribution in [0.15, 0.2) is 22.7 Å². The standard InChI is InChI=1S/C20H30BrNO3/c1-4-24-20(23)14-22-11-8-17(9-12-22)15(2)10-13-25-19-7-5-6-18(21)16(19)3/h5-7,15,17H,4,8-14H2,1-3H3. The second-order valence-corrected chi connectivity index (χ2v) is 7.75. The molecule has 0 aliphatic carbocycles. The summed E-state index contributed by atoms with van der Waals surface area (Å²) in [6, 6.07) is 6.07. The highest BCUT2D eigenvalue weighted by Gasteiger charge is 2.25. The van der Waals surface area contributed by atoms with Gasteiger partial charge in [-0.15, -0.1) is 0 Å². The van der Waals surface area contributed by atoms with E-state index in [9.17, 15) is 4.79 Å². The van der Waals surface area contributed by atoms with Crippen molar-refractivity contribution in [3.05, 3.63) is 28.2 Å². The van der Waals surface area contributed by atoms with Crippen molar-refractivity contribution >= 4 is 21.9 Å². The number of carbonyl (C=O) groups is 1. The molecule has 0 amide bonds. The molecule has 1 saturated heterocycles. The Morgan fingerprint density at radius 3 is 2.76 bits per heavy atom. The minimum atomic E-state index is -0.105. The summed E-state index contributed by atoms with van der Waals surface area (Å²) in [6.07, 6.45) is 3.36. The van der Waals surface area contributed by atoms with Gasteiger partial charge in [0.15, 0.2) is 0 Å². The number of nitrogens with zero attached hydrogens (tertiary/aromatic N) is 1. The van der Waals surface area contributed by atoms with Crippen molar-refractivity contribution in [2.24, 2.45) is 11.8 Å². The molecule has 5 heteroatoms. The zero-order chi connectivity index (χ0) is 18.2. The topological polar surface area (TPSA) is 38.8 Å². The Morgan fingerprint density at radius 2 is 2.08 bits per heavy atom. The van der Waals surface area contributed by atoms with Crippen molar-refractivity contribution in [2.45, 2.75) is 40.0 Å². The lowest BCUT2D eigenvalue weighted by Gasteiger charge is -2.34. The molecule has 4 nitrogen and oxygen atoms in total. The van der Waals surface area contributed by atoms with Gasteiger partial charge in [-0.25, -0.2) is 0 Å².